The Kier molecular flexibility index (Phi) is 4.29. The number of nitrogens with two attached hydrogens (primary N) is 2. The van der Waals surface area contributed by atoms with Crippen LogP contribution in [0.3, 0.4) is 0 Å². The first-order valence-electron chi connectivity index (χ1n) is 6.04. The van der Waals surface area contributed by atoms with Gasteiger partial charge >= 0.3 is 0 Å². The number of carbonyl (C=O) groups is 1. The van der Waals surface area contributed by atoms with E-state index in [4.69, 9.17) is 16.2 Å². The number of aryl methyl sites for hydroxylation is 1. The smallest absolute Gasteiger partial charge is 0.248 e. The van der Waals surface area contributed by atoms with Crippen molar-refractivity contribution < 1.29 is 9.53 Å². The Labute approximate surface area is 125 Å². The third kappa shape index (κ3) is 3.30. The van der Waals surface area contributed by atoms with Crippen LogP contribution in [-0.2, 0) is 6.61 Å². The maximum atomic E-state index is 11.0. The number of anilines is 1. The number of hydrogen-bond acceptors (Lipinski definition) is 3. The van der Waals surface area contributed by atoms with Crippen molar-refractivity contribution in [2.75, 3.05) is 5.73 Å². The van der Waals surface area contributed by atoms with Gasteiger partial charge in [-0.15, -0.1) is 0 Å². The van der Waals surface area contributed by atoms with E-state index in [1.165, 1.54) is 0 Å². The first-order chi connectivity index (χ1) is 9.47. The van der Waals surface area contributed by atoms with E-state index in [0.29, 0.717) is 23.6 Å². The summed E-state index contributed by atoms with van der Waals surface area (Å²) in [5.41, 5.74) is 14.1. The fourth-order valence-corrected chi connectivity index (χ4v) is 2.46. The van der Waals surface area contributed by atoms with Gasteiger partial charge in [0.15, 0.2) is 0 Å². The Balaban J connectivity index is 2.11. The predicted molar refractivity (Wildman–Crippen MR) is 82.6 cm³/mol. The first kappa shape index (κ1) is 14.4. The molecule has 4 N–H and O–H groups in total. The molecule has 0 aliphatic carbocycles. The van der Waals surface area contributed by atoms with E-state index in [1.54, 1.807) is 18.2 Å². The zero-order chi connectivity index (χ0) is 14.7. The van der Waals surface area contributed by atoms with Gasteiger partial charge in [-0.1, -0.05) is 28.1 Å². The lowest BCUT2D eigenvalue weighted by Gasteiger charge is -2.12. The van der Waals surface area contributed by atoms with Gasteiger partial charge in [-0.25, -0.2) is 0 Å². The van der Waals surface area contributed by atoms with Gasteiger partial charge in [0.1, 0.15) is 12.4 Å². The summed E-state index contributed by atoms with van der Waals surface area (Å²) in [6, 6.07) is 10.7. The van der Waals surface area contributed by atoms with Crippen molar-refractivity contribution in [1.82, 2.24) is 0 Å². The summed E-state index contributed by atoms with van der Waals surface area (Å²) < 4.78 is 6.67. The lowest BCUT2D eigenvalue weighted by molar-refractivity contribution is 0.1000. The molecular weight excluding hydrogens is 320 g/mol. The van der Waals surface area contributed by atoms with E-state index in [0.717, 1.165) is 15.6 Å². The molecule has 0 aliphatic rings. The molecule has 20 heavy (non-hydrogen) atoms. The summed E-state index contributed by atoms with van der Waals surface area (Å²) in [4.78, 5) is 11.0. The number of nitrogen functional groups attached to an aromatic ring is 1. The Morgan fingerprint density at radius 3 is 2.45 bits per heavy atom. The number of amides is 1. The van der Waals surface area contributed by atoms with Crippen molar-refractivity contribution in [3.8, 4) is 5.75 Å². The highest BCUT2D eigenvalue weighted by Crippen LogP contribution is 2.30. The van der Waals surface area contributed by atoms with Gasteiger partial charge in [-0.2, -0.15) is 0 Å². The van der Waals surface area contributed by atoms with Crippen LogP contribution in [0, 0.1) is 6.92 Å². The highest BCUT2D eigenvalue weighted by atomic mass is 79.9. The number of halogens is 1. The topological polar surface area (TPSA) is 78.3 Å². The molecule has 1 amide bonds. The summed E-state index contributed by atoms with van der Waals surface area (Å²) in [6.45, 7) is 2.32. The van der Waals surface area contributed by atoms with Crippen molar-refractivity contribution in [3.05, 3.63) is 57.6 Å². The highest BCUT2D eigenvalue weighted by molar-refractivity contribution is 9.10. The van der Waals surface area contributed by atoms with Crippen LogP contribution in [0.1, 0.15) is 21.5 Å². The number of rotatable bonds is 4. The number of benzene rings is 2. The Hall–Kier alpha value is -2.01. The number of carbonyl (C=O) groups excluding carboxylic acids is 1. The largest absolute Gasteiger partial charge is 0.486 e. The lowest BCUT2D eigenvalue weighted by Crippen LogP contribution is -2.10. The van der Waals surface area contributed by atoms with E-state index >= 15 is 0 Å². The summed E-state index contributed by atoms with van der Waals surface area (Å²) in [7, 11) is 0. The van der Waals surface area contributed by atoms with Crippen LogP contribution in [0.4, 0.5) is 5.69 Å². The Bertz CT molecular complexity index is 616. The maximum Gasteiger partial charge on any atom is 0.248 e. The number of hydrogen-bond donors (Lipinski definition) is 2. The van der Waals surface area contributed by atoms with Gasteiger partial charge < -0.3 is 16.2 Å². The van der Waals surface area contributed by atoms with Crippen LogP contribution in [0.2, 0.25) is 0 Å². The highest BCUT2D eigenvalue weighted by Gasteiger charge is 2.07. The second-order valence-corrected chi connectivity index (χ2v) is 5.41. The number of ether oxygens (including phenoxy) is 1. The van der Waals surface area contributed by atoms with E-state index in [2.05, 4.69) is 15.9 Å². The lowest BCUT2D eigenvalue weighted by atomic mass is 10.1. The Morgan fingerprint density at radius 1 is 1.25 bits per heavy atom. The summed E-state index contributed by atoms with van der Waals surface area (Å²) in [5.74, 6) is 0.234. The minimum absolute atomic E-state index is 0.381. The second kappa shape index (κ2) is 5.96. The van der Waals surface area contributed by atoms with Gasteiger partial charge in [0.25, 0.3) is 0 Å². The summed E-state index contributed by atoms with van der Waals surface area (Å²) in [5, 5.41) is 0. The number of primary amides is 1. The molecule has 0 heterocycles. The monoisotopic (exact) mass is 334 g/mol. The van der Waals surface area contributed by atoms with Crippen LogP contribution in [0.5, 0.6) is 5.75 Å². The molecule has 0 spiro atoms. The fraction of sp³-hybridized carbons (Fsp3) is 0.133. The van der Waals surface area contributed by atoms with Gasteiger partial charge in [0, 0.05) is 10.0 Å². The zero-order valence-electron chi connectivity index (χ0n) is 11.0. The van der Waals surface area contributed by atoms with E-state index in [1.807, 2.05) is 25.1 Å². The molecular formula is C15H15BrN2O2. The molecule has 0 radical (unpaired) electrons. The molecule has 0 aromatic heterocycles. The second-order valence-electron chi connectivity index (χ2n) is 4.49. The molecule has 2 aromatic carbocycles. The molecule has 0 saturated carbocycles. The van der Waals surface area contributed by atoms with Gasteiger partial charge in [-0.3, -0.25) is 4.79 Å². The normalized spacial score (nSPS) is 10.3. The van der Waals surface area contributed by atoms with Crippen LogP contribution >= 0.6 is 15.9 Å². The quantitative estimate of drug-likeness (QED) is 0.843. The predicted octanol–water partition coefficient (Wildman–Crippen LogP) is 3.02. The molecule has 5 heteroatoms. The molecule has 2 aromatic rings. The molecule has 4 nitrogen and oxygen atoms in total. The molecule has 0 unspecified atom stereocenters. The van der Waals surface area contributed by atoms with Crippen molar-refractivity contribution in [2.45, 2.75) is 13.5 Å². The fourth-order valence-electron chi connectivity index (χ4n) is 1.87. The SMILES string of the molecule is Cc1cc(Br)cc(N)c1OCc1ccc(C(N)=O)cc1. The van der Waals surface area contributed by atoms with E-state index in [-0.39, 0.29) is 0 Å². The minimum Gasteiger partial charge on any atom is -0.486 e. The van der Waals surface area contributed by atoms with Crippen molar-refractivity contribution in [2.24, 2.45) is 5.73 Å². The van der Waals surface area contributed by atoms with Gasteiger partial charge in [0.2, 0.25) is 5.91 Å². The molecule has 2 rings (SSSR count). The third-order valence-corrected chi connectivity index (χ3v) is 3.35. The minimum atomic E-state index is -0.439. The van der Waals surface area contributed by atoms with Crippen LogP contribution in [-0.4, -0.2) is 5.91 Å². The van der Waals surface area contributed by atoms with Crippen LogP contribution < -0.4 is 16.2 Å². The zero-order valence-corrected chi connectivity index (χ0v) is 12.6. The van der Waals surface area contributed by atoms with E-state index in [9.17, 15) is 4.79 Å². The average Bonchev–Trinajstić information content (AvgIpc) is 2.38. The van der Waals surface area contributed by atoms with Gasteiger partial charge in [-0.05, 0) is 42.3 Å². The maximum absolute atomic E-state index is 11.0. The molecule has 0 bridgehead atoms. The molecule has 0 saturated heterocycles. The van der Waals surface area contributed by atoms with Gasteiger partial charge in [0.05, 0.1) is 5.69 Å². The van der Waals surface area contributed by atoms with Crippen molar-refractivity contribution in [1.29, 1.82) is 0 Å². The average molecular weight is 335 g/mol. The van der Waals surface area contributed by atoms with E-state index < -0.39 is 5.91 Å². The molecule has 0 aliphatic heterocycles. The van der Waals surface area contributed by atoms with Crippen molar-refractivity contribution >= 4 is 27.5 Å². The van der Waals surface area contributed by atoms with Crippen molar-refractivity contribution in [3.63, 3.8) is 0 Å². The standard InChI is InChI=1S/C15H15BrN2O2/c1-9-6-12(16)7-13(17)14(9)20-8-10-2-4-11(5-3-10)15(18)19/h2-7H,8,17H2,1H3,(H2,18,19). The molecule has 0 atom stereocenters. The summed E-state index contributed by atoms with van der Waals surface area (Å²) in [6.07, 6.45) is 0. The first-order valence-corrected chi connectivity index (χ1v) is 6.84. The summed E-state index contributed by atoms with van der Waals surface area (Å²) >= 11 is 3.39. The van der Waals surface area contributed by atoms with Crippen LogP contribution in [0.25, 0.3) is 0 Å². The molecule has 104 valence electrons. The Morgan fingerprint density at radius 2 is 1.90 bits per heavy atom. The molecule has 0 fully saturated rings. The third-order valence-electron chi connectivity index (χ3n) is 2.89. The van der Waals surface area contributed by atoms with Crippen LogP contribution in [0.15, 0.2) is 40.9 Å².